The standard InChI is InChI=1S/C12H13F3N2O3/c1-2-20-11(19)17-16-10(18)7-8-4-3-5-9(6-8)12(13,14)15/h3-6H,2,7H2,1H3,(H,16,18)(H,17,19). The highest BCUT2D eigenvalue weighted by molar-refractivity contribution is 5.81. The highest BCUT2D eigenvalue weighted by Crippen LogP contribution is 2.29. The lowest BCUT2D eigenvalue weighted by Crippen LogP contribution is -2.42. The van der Waals surface area contributed by atoms with Crippen LogP contribution in [0.15, 0.2) is 24.3 Å². The normalized spacial score (nSPS) is 10.8. The van der Waals surface area contributed by atoms with Gasteiger partial charge in [0.1, 0.15) is 0 Å². The van der Waals surface area contributed by atoms with Gasteiger partial charge in [0.2, 0.25) is 5.91 Å². The summed E-state index contributed by atoms with van der Waals surface area (Å²) < 4.78 is 41.9. The number of carbonyl (C=O) groups excluding carboxylic acids is 2. The molecule has 0 spiro atoms. The summed E-state index contributed by atoms with van der Waals surface area (Å²) in [5.41, 5.74) is 3.35. The predicted octanol–water partition coefficient (Wildman–Crippen LogP) is 2.03. The van der Waals surface area contributed by atoms with Gasteiger partial charge in [-0.05, 0) is 18.6 Å². The second-order valence-corrected chi connectivity index (χ2v) is 3.77. The second-order valence-electron chi connectivity index (χ2n) is 3.77. The Morgan fingerprint density at radius 2 is 1.95 bits per heavy atom. The van der Waals surface area contributed by atoms with Crippen molar-refractivity contribution < 1.29 is 27.5 Å². The number of hydrogen-bond donors (Lipinski definition) is 2. The van der Waals surface area contributed by atoms with E-state index in [1.54, 1.807) is 6.92 Å². The number of halogens is 3. The van der Waals surface area contributed by atoms with Gasteiger partial charge in [-0.2, -0.15) is 13.2 Å². The number of nitrogens with one attached hydrogen (secondary N) is 2. The number of benzene rings is 1. The van der Waals surface area contributed by atoms with Gasteiger partial charge in [0.15, 0.2) is 0 Å². The summed E-state index contributed by atoms with van der Waals surface area (Å²) in [6.45, 7) is 1.72. The van der Waals surface area contributed by atoms with Crippen molar-refractivity contribution >= 4 is 12.0 Å². The van der Waals surface area contributed by atoms with Gasteiger partial charge < -0.3 is 4.74 Å². The molecule has 2 N–H and O–H groups in total. The fourth-order valence-corrected chi connectivity index (χ4v) is 1.38. The van der Waals surface area contributed by atoms with E-state index in [1.807, 2.05) is 10.9 Å². The average molecular weight is 290 g/mol. The molecular weight excluding hydrogens is 277 g/mol. The lowest BCUT2D eigenvalue weighted by Gasteiger charge is -2.09. The van der Waals surface area contributed by atoms with Crippen LogP contribution >= 0.6 is 0 Å². The Bertz CT molecular complexity index is 489. The number of hydrazine groups is 1. The van der Waals surface area contributed by atoms with Crippen molar-refractivity contribution in [2.24, 2.45) is 0 Å². The predicted molar refractivity (Wildman–Crippen MR) is 63.4 cm³/mol. The van der Waals surface area contributed by atoms with Gasteiger partial charge in [-0.25, -0.2) is 10.2 Å². The van der Waals surface area contributed by atoms with Crippen LogP contribution in [0.5, 0.6) is 0 Å². The first-order valence-electron chi connectivity index (χ1n) is 5.70. The molecule has 0 fully saturated rings. The third kappa shape index (κ3) is 5.17. The van der Waals surface area contributed by atoms with E-state index in [2.05, 4.69) is 4.74 Å². The number of hydrogen-bond acceptors (Lipinski definition) is 3. The maximum absolute atomic E-state index is 12.5. The molecule has 110 valence electrons. The van der Waals surface area contributed by atoms with Crippen LogP contribution in [0.4, 0.5) is 18.0 Å². The summed E-state index contributed by atoms with van der Waals surface area (Å²) in [4.78, 5) is 22.3. The molecule has 0 unspecified atom stereocenters. The topological polar surface area (TPSA) is 67.4 Å². The van der Waals surface area contributed by atoms with Gasteiger partial charge in [-0.1, -0.05) is 18.2 Å². The van der Waals surface area contributed by atoms with Gasteiger partial charge in [-0.3, -0.25) is 10.2 Å². The molecule has 0 aliphatic carbocycles. The largest absolute Gasteiger partial charge is 0.449 e. The van der Waals surface area contributed by atoms with Gasteiger partial charge in [0, 0.05) is 0 Å². The molecule has 8 heteroatoms. The van der Waals surface area contributed by atoms with Crippen molar-refractivity contribution in [1.82, 2.24) is 10.9 Å². The van der Waals surface area contributed by atoms with Crippen LogP contribution in [0.2, 0.25) is 0 Å². The van der Waals surface area contributed by atoms with Crippen molar-refractivity contribution in [2.75, 3.05) is 6.61 Å². The Morgan fingerprint density at radius 3 is 2.55 bits per heavy atom. The minimum Gasteiger partial charge on any atom is -0.449 e. The zero-order valence-electron chi connectivity index (χ0n) is 10.6. The van der Waals surface area contributed by atoms with Crippen LogP contribution in [0.3, 0.4) is 0 Å². The van der Waals surface area contributed by atoms with Crippen molar-refractivity contribution in [3.05, 3.63) is 35.4 Å². The molecule has 0 radical (unpaired) electrons. The van der Waals surface area contributed by atoms with Crippen LogP contribution in [-0.2, 0) is 22.1 Å². The van der Waals surface area contributed by atoms with Crippen molar-refractivity contribution in [3.8, 4) is 0 Å². The lowest BCUT2D eigenvalue weighted by atomic mass is 10.1. The summed E-state index contributed by atoms with van der Waals surface area (Å²) in [5.74, 6) is -0.655. The smallest absolute Gasteiger partial charge is 0.426 e. The van der Waals surface area contributed by atoms with Crippen LogP contribution in [-0.4, -0.2) is 18.6 Å². The molecule has 1 aromatic carbocycles. The van der Waals surface area contributed by atoms with Crippen LogP contribution < -0.4 is 10.9 Å². The molecule has 0 aromatic heterocycles. The number of amides is 2. The molecule has 20 heavy (non-hydrogen) atoms. The van der Waals surface area contributed by atoms with Crippen molar-refractivity contribution in [3.63, 3.8) is 0 Å². The number of alkyl halides is 3. The maximum atomic E-state index is 12.5. The molecule has 2 amide bonds. The number of ether oxygens (including phenoxy) is 1. The fraction of sp³-hybridized carbons (Fsp3) is 0.333. The second kappa shape index (κ2) is 6.78. The number of carbonyl (C=O) groups is 2. The Balaban J connectivity index is 2.56. The molecule has 0 aliphatic heterocycles. The molecule has 0 saturated heterocycles. The van der Waals surface area contributed by atoms with Crippen molar-refractivity contribution in [1.29, 1.82) is 0 Å². The highest BCUT2D eigenvalue weighted by Gasteiger charge is 2.30. The summed E-state index contributed by atoms with van der Waals surface area (Å²) in [5, 5.41) is 0. The quantitative estimate of drug-likeness (QED) is 0.837. The van der Waals surface area contributed by atoms with E-state index in [1.165, 1.54) is 12.1 Å². The fourth-order valence-electron chi connectivity index (χ4n) is 1.38. The molecule has 0 saturated carbocycles. The number of rotatable bonds is 3. The average Bonchev–Trinajstić information content (AvgIpc) is 2.36. The third-order valence-electron chi connectivity index (χ3n) is 2.20. The van der Waals surface area contributed by atoms with Crippen LogP contribution in [0.25, 0.3) is 0 Å². The Kier molecular flexibility index (Phi) is 5.36. The van der Waals surface area contributed by atoms with Gasteiger partial charge in [0.05, 0.1) is 18.6 Å². The first kappa shape index (κ1) is 15.8. The highest BCUT2D eigenvalue weighted by atomic mass is 19.4. The monoisotopic (exact) mass is 290 g/mol. The van der Waals surface area contributed by atoms with Gasteiger partial charge in [-0.15, -0.1) is 0 Å². The molecule has 1 rings (SSSR count). The van der Waals surface area contributed by atoms with E-state index in [-0.39, 0.29) is 18.6 Å². The van der Waals surface area contributed by atoms with E-state index in [0.717, 1.165) is 12.1 Å². The van der Waals surface area contributed by atoms with Crippen LogP contribution in [0, 0.1) is 0 Å². The summed E-state index contributed by atoms with van der Waals surface area (Å²) >= 11 is 0. The first-order chi connectivity index (χ1) is 9.32. The molecule has 0 atom stereocenters. The van der Waals surface area contributed by atoms with E-state index >= 15 is 0 Å². The van der Waals surface area contributed by atoms with E-state index < -0.39 is 23.7 Å². The van der Waals surface area contributed by atoms with Crippen molar-refractivity contribution in [2.45, 2.75) is 19.5 Å². The van der Waals surface area contributed by atoms with Gasteiger partial charge >= 0.3 is 12.3 Å². The first-order valence-corrected chi connectivity index (χ1v) is 5.70. The molecular formula is C12H13F3N2O3. The van der Waals surface area contributed by atoms with Gasteiger partial charge in [0.25, 0.3) is 0 Å². The lowest BCUT2D eigenvalue weighted by molar-refractivity contribution is -0.137. The Morgan fingerprint density at radius 1 is 1.25 bits per heavy atom. The van der Waals surface area contributed by atoms with E-state index in [0.29, 0.717) is 0 Å². The molecule has 0 bridgehead atoms. The van der Waals surface area contributed by atoms with E-state index in [9.17, 15) is 22.8 Å². The van der Waals surface area contributed by atoms with E-state index in [4.69, 9.17) is 0 Å². The molecule has 1 aromatic rings. The third-order valence-corrected chi connectivity index (χ3v) is 2.20. The zero-order chi connectivity index (χ0) is 15.2. The van der Waals surface area contributed by atoms with Crippen LogP contribution in [0.1, 0.15) is 18.1 Å². The molecule has 5 nitrogen and oxygen atoms in total. The minimum atomic E-state index is -4.46. The maximum Gasteiger partial charge on any atom is 0.426 e. The summed E-state index contributed by atoms with van der Waals surface area (Å²) in [7, 11) is 0. The minimum absolute atomic E-state index is 0.134. The Hall–Kier alpha value is -2.25. The molecule has 0 aliphatic rings. The SMILES string of the molecule is CCOC(=O)NNC(=O)Cc1cccc(C(F)(F)F)c1. The summed E-state index contributed by atoms with van der Waals surface area (Å²) in [6.07, 6.45) is -5.60. The Labute approximate surface area is 113 Å². The summed E-state index contributed by atoms with van der Waals surface area (Å²) in [6, 6.07) is 4.39. The zero-order valence-corrected chi connectivity index (χ0v) is 10.6. The molecule has 0 heterocycles.